The molecule has 0 atom stereocenters. The van der Waals surface area contributed by atoms with Crippen molar-refractivity contribution in [2.45, 2.75) is 25.7 Å². The van der Waals surface area contributed by atoms with Crippen molar-refractivity contribution in [3.05, 3.63) is 66.6 Å². The molecule has 3 heterocycles. The van der Waals surface area contributed by atoms with Gasteiger partial charge < -0.3 is 4.42 Å². The van der Waals surface area contributed by atoms with E-state index in [1.165, 1.54) is 6.20 Å². The molecular weight excluding hydrogens is 314 g/mol. The van der Waals surface area contributed by atoms with Gasteiger partial charge in [-0.15, -0.1) is 0 Å². The molecule has 0 aliphatic rings. The van der Waals surface area contributed by atoms with Crippen LogP contribution in [0.4, 0.5) is 0 Å². The molecule has 0 aliphatic carbocycles. The van der Waals surface area contributed by atoms with Gasteiger partial charge in [0.2, 0.25) is 5.78 Å². The van der Waals surface area contributed by atoms with Crippen molar-refractivity contribution in [3.8, 4) is 23.3 Å². The molecule has 3 aromatic rings. The lowest BCUT2D eigenvalue weighted by atomic mass is 10.1. The maximum absolute atomic E-state index is 12.1. The molecule has 0 fully saturated rings. The highest BCUT2D eigenvalue weighted by Crippen LogP contribution is 2.18. The summed E-state index contributed by atoms with van der Waals surface area (Å²) in [7, 11) is 0. The molecule has 5 heteroatoms. The zero-order chi connectivity index (χ0) is 17.3. The van der Waals surface area contributed by atoms with Crippen LogP contribution in [0.25, 0.3) is 11.5 Å². The number of aromatic nitrogens is 3. The van der Waals surface area contributed by atoms with Gasteiger partial charge in [-0.25, -0.2) is 9.97 Å². The Morgan fingerprint density at radius 1 is 1.00 bits per heavy atom. The number of carbonyl (C=O) groups is 1. The van der Waals surface area contributed by atoms with Crippen LogP contribution in [-0.4, -0.2) is 20.7 Å². The van der Waals surface area contributed by atoms with E-state index < -0.39 is 0 Å². The van der Waals surface area contributed by atoms with Crippen molar-refractivity contribution in [2.75, 3.05) is 0 Å². The molecule has 124 valence electrons. The topological polar surface area (TPSA) is 68.9 Å². The van der Waals surface area contributed by atoms with Crippen molar-refractivity contribution in [1.29, 1.82) is 0 Å². The summed E-state index contributed by atoms with van der Waals surface area (Å²) in [5, 5.41) is 0. The third-order valence-electron chi connectivity index (χ3n) is 3.50. The lowest BCUT2D eigenvalue weighted by Crippen LogP contribution is -1.98. The minimum Gasteiger partial charge on any atom is -0.432 e. The highest BCUT2D eigenvalue weighted by Gasteiger charge is 2.14. The zero-order valence-corrected chi connectivity index (χ0v) is 13.7. The maximum Gasteiger partial charge on any atom is 0.263 e. The van der Waals surface area contributed by atoms with Gasteiger partial charge in [0.05, 0.1) is 6.20 Å². The molecule has 0 N–H and O–H groups in total. The average molecular weight is 331 g/mol. The lowest BCUT2D eigenvalue weighted by Gasteiger charge is -1.96. The Hall–Kier alpha value is -3.26. The van der Waals surface area contributed by atoms with Crippen molar-refractivity contribution in [1.82, 2.24) is 15.0 Å². The summed E-state index contributed by atoms with van der Waals surface area (Å²) in [6.07, 6.45) is 7.65. The third kappa shape index (κ3) is 4.85. The second-order valence-corrected chi connectivity index (χ2v) is 5.39. The Balaban J connectivity index is 1.44. The summed E-state index contributed by atoms with van der Waals surface area (Å²) >= 11 is 0. The van der Waals surface area contributed by atoms with Gasteiger partial charge in [0.25, 0.3) is 5.89 Å². The summed E-state index contributed by atoms with van der Waals surface area (Å²) in [4.78, 5) is 24.5. The maximum atomic E-state index is 12.1. The molecule has 0 spiro atoms. The minimum absolute atomic E-state index is 0.0973. The molecular formula is C20H17N3O2. The summed E-state index contributed by atoms with van der Waals surface area (Å²) < 4.78 is 5.51. The summed E-state index contributed by atoms with van der Waals surface area (Å²) in [5.74, 6) is 6.62. The van der Waals surface area contributed by atoms with Crippen LogP contribution in [0.5, 0.6) is 0 Å². The van der Waals surface area contributed by atoms with Crippen molar-refractivity contribution >= 4 is 5.78 Å². The number of oxazole rings is 1. The van der Waals surface area contributed by atoms with Crippen LogP contribution in [0.3, 0.4) is 0 Å². The molecule has 0 saturated heterocycles. The molecule has 0 unspecified atom stereocenters. The van der Waals surface area contributed by atoms with Crippen molar-refractivity contribution in [2.24, 2.45) is 0 Å². The Morgan fingerprint density at radius 2 is 1.84 bits per heavy atom. The molecule has 0 bridgehead atoms. The van der Waals surface area contributed by atoms with Crippen molar-refractivity contribution < 1.29 is 9.21 Å². The number of hydrogen-bond donors (Lipinski definition) is 0. The number of ketones is 1. The van der Waals surface area contributed by atoms with E-state index in [-0.39, 0.29) is 11.7 Å². The Morgan fingerprint density at radius 3 is 2.60 bits per heavy atom. The third-order valence-corrected chi connectivity index (χ3v) is 3.50. The average Bonchev–Trinajstić information content (AvgIpc) is 3.16. The van der Waals surface area contributed by atoms with Gasteiger partial charge in [-0.05, 0) is 43.0 Å². The Labute approximate surface area is 146 Å². The SMILES string of the molecule is O=C(CCCCC#Cc1ccccn1)c1ncc(-c2ccccn2)o1. The molecule has 0 saturated carbocycles. The highest BCUT2D eigenvalue weighted by atomic mass is 16.4. The molecule has 3 aromatic heterocycles. The first kappa shape index (κ1) is 16.6. The van der Waals surface area contributed by atoms with Crippen LogP contribution in [0, 0.1) is 11.8 Å². The number of carbonyl (C=O) groups excluding carboxylic acids is 1. The Bertz CT molecular complexity index is 877. The molecule has 3 rings (SSSR count). The summed E-state index contributed by atoms with van der Waals surface area (Å²) in [6, 6.07) is 11.1. The van der Waals surface area contributed by atoms with Crippen LogP contribution in [0.2, 0.25) is 0 Å². The van der Waals surface area contributed by atoms with Crippen LogP contribution >= 0.6 is 0 Å². The quantitative estimate of drug-likeness (QED) is 0.389. The van der Waals surface area contributed by atoms with Crippen LogP contribution in [-0.2, 0) is 0 Å². The second-order valence-electron chi connectivity index (χ2n) is 5.39. The second kappa shape index (κ2) is 8.55. The van der Waals surface area contributed by atoms with Crippen LogP contribution in [0.1, 0.15) is 42.1 Å². The Kier molecular flexibility index (Phi) is 5.68. The molecule has 25 heavy (non-hydrogen) atoms. The monoisotopic (exact) mass is 331 g/mol. The molecule has 0 radical (unpaired) electrons. The molecule has 5 nitrogen and oxygen atoms in total. The van der Waals surface area contributed by atoms with Crippen LogP contribution < -0.4 is 0 Å². The van der Waals surface area contributed by atoms with Gasteiger partial charge in [-0.2, -0.15) is 0 Å². The van der Waals surface area contributed by atoms with Gasteiger partial charge in [0, 0.05) is 25.2 Å². The standard InChI is InChI=1S/C20H17N3O2/c24-18(12-4-2-1-3-9-16-10-5-7-13-21-16)20-23-15-19(25-20)17-11-6-8-14-22-17/h5-8,10-11,13-15H,1-2,4,12H2. The fourth-order valence-electron chi connectivity index (χ4n) is 2.23. The summed E-state index contributed by atoms with van der Waals surface area (Å²) in [6.45, 7) is 0. The van der Waals surface area contributed by atoms with Crippen LogP contribution in [0.15, 0.2) is 59.4 Å². The predicted octanol–water partition coefficient (Wildman–Crippen LogP) is 3.93. The van der Waals surface area contributed by atoms with Gasteiger partial charge in [0.15, 0.2) is 5.76 Å². The van der Waals surface area contributed by atoms with Crippen molar-refractivity contribution in [3.63, 3.8) is 0 Å². The van der Waals surface area contributed by atoms with E-state index >= 15 is 0 Å². The van der Waals surface area contributed by atoms with E-state index in [0.717, 1.165) is 25.0 Å². The highest BCUT2D eigenvalue weighted by molar-refractivity contribution is 5.91. The number of nitrogens with zero attached hydrogens (tertiary/aromatic N) is 3. The normalized spacial score (nSPS) is 10.1. The molecule has 0 amide bonds. The van der Waals surface area contributed by atoms with E-state index in [0.29, 0.717) is 17.9 Å². The molecule has 0 aliphatic heterocycles. The number of pyridine rings is 2. The smallest absolute Gasteiger partial charge is 0.263 e. The van der Waals surface area contributed by atoms with Gasteiger partial charge in [0.1, 0.15) is 11.4 Å². The first-order chi connectivity index (χ1) is 12.3. The van der Waals surface area contributed by atoms with Gasteiger partial charge in [-0.3, -0.25) is 9.78 Å². The van der Waals surface area contributed by atoms with E-state index in [9.17, 15) is 4.79 Å². The summed E-state index contributed by atoms with van der Waals surface area (Å²) in [5.41, 5.74) is 1.43. The fraction of sp³-hybridized carbons (Fsp3) is 0.200. The fourth-order valence-corrected chi connectivity index (χ4v) is 2.23. The minimum atomic E-state index is -0.0973. The predicted molar refractivity (Wildman–Crippen MR) is 93.6 cm³/mol. The van der Waals surface area contributed by atoms with E-state index in [1.807, 2.05) is 36.4 Å². The number of unbranched alkanes of at least 4 members (excludes halogenated alkanes) is 2. The number of hydrogen-bond acceptors (Lipinski definition) is 5. The molecule has 0 aromatic carbocycles. The zero-order valence-electron chi connectivity index (χ0n) is 13.7. The van der Waals surface area contributed by atoms with E-state index in [4.69, 9.17) is 4.42 Å². The van der Waals surface area contributed by atoms with Gasteiger partial charge in [-0.1, -0.05) is 18.1 Å². The first-order valence-corrected chi connectivity index (χ1v) is 8.13. The number of rotatable bonds is 6. The number of Topliss-reactive ketones (excluding diaryl/α,β-unsaturated/α-hetero) is 1. The van der Waals surface area contributed by atoms with E-state index in [2.05, 4.69) is 26.8 Å². The lowest BCUT2D eigenvalue weighted by molar-refractivity contribution is 0.0946. The first-order valence-electron chi connectivity index (χ1n) is 8.13. The van der Waals surface area contributed by atoms with Gasteiger partial charge >= 0.3 is 0 Å². The largest absolute Gasteiger partial charge is 0.432 e. The van der Waals surface area contributed by atoms with E-state index in [1.54, 1.807) is 12.4 Å².